The monoisotopic (exact) mass is 242 g/mol. The number of primary amides is 1. The standard InChI is InChI=1S/C12H10N4O2/c1-18-7-2-3-8-10(4-7)16-6-9(12(13)17)15-11(16)5-14-8/h2-6H,1H3,(H2,13,17). The molecule has 6 nitrogen and oxygen atoms in total. The Balaban J connectivity index is 2.39. The SMILES string of the molecule is COc1ccc2ncc3nc(C(N)=O)cn3c2c1. The second kappa shape index (κ2) is 3.69. The van der Waals surface area contributed by atoms with Crippen molar-refractivity contribution in [3.8, 4) is 5.75 Å². The van der Waals surface area contributed by atoms with Gasteiger partial charge in [-0.25, -0.2) is 4.98 Å². The summed E-state index contributed by atoms with van der Waals surface area (Å²) in [4.78, 5) is 19.5. The zero-order chi connectivity index (χ0) is 12.7. The van der Waals surface area contributed by atoms with Crippen LogP contribution < -0.4 is 10.5 Å². The van der Waals surface area contributed by atoms with Crippen LogP contribution in [-0.2, 0) is 0 Å². The highest BCUT2D eigenvalue weighted by atomic mass is 16.5. The van der Waals surface area contributed by atoms with E-state index < -0.39 is 5.91 Å². The summed E-state index contributed by atoms with van der Waals surface area (Å²) in [7, 11) is 1.59. The zero-order valence-electron chi connectivity index (χ0n) is 9.62. The number of hydrogen-bond acceptors (Lipinski definition) is 4. The quantitative estimate of drug-likeness (QED) is 0.726. The molecule has 0 fully saturated rings. The zero-order valence-corrected chi connectivity index (χ0v) is 9.62. The lowest BCUT2D eigenvalue weighted by Crippen LogP contribution is -2.10. The van der Waals surface area contributed by atoms with Gasteiger partial charge in [0.15, 0.2) is 5.65 Å². The predicted octanol–water partition coefficient (Wildman–Crippen LogP) is 0.990. The average Bonchev–Trinajstić information content (AvgIpc) is 2.82. The van der Waals surface area contributed by atoms with E-state index in [1.807, 2.05) is 18.2 Å². The lowest BCUT2D eigenvalue weighted by atomic mass is 10.3. The summed E-state index contributed by atoms with van der Waals surface area (Å²) in [5.74, 6) is 0.154. The van der Waals surface area contributed by atoms with E-state index in [1.54, 1.807) is 23.9 Å². The Morgan fingerprint density at radius 1 is 1.44 bits per heavy atom. The van der Waals surface area contributed by atoms with Crippen LogP contribution in [0.25, 0.3) is 16.7 Å². The first-order valence-corrected chi connectivity index (χ1v) is 5.30. The minimum Gasteiger partial charge on any atom is -0.497 e. The van der Waals surface area contributed by atoms with Crippen LogP contribution in [0, 0.1) is 0 Å². The van der Waals surface area contributed by atoms with Gasteiger partial charge in [-0.05, 0) is 12.1 Å². The van der Waals surface area contributed by atoms with Gasteiger partial charge >= 0.3 is 0 Å². The van der Waals surface area contributed by atoms with Crippen molar-refractivity contribution in [1.29, 1.82) is 0 Å². The summed E-state index contributed by atoms with van der Waals surface area (Å²) in [6.45, 7) is 0. The molecule has 6 heteroatoms. The minimum absolute atomic E-state index is 0.215. The fraction of sp³-hybridized carbons (Fsp3) is 0.0833. The molecule has 0 bridgehead atoms. The molecule has 18 heavy (non-hydrogen) atoms. The largest absolute Gasteiger partial charge is 0.497 e. The van der Waals surface area contributed by atoms with Gasteiger partial charge in [-0.15, -0.1) is 0 Å². The number of carbonyl (C=O) groups excluding carboxylic acids is 1. The highest BCUT2D eigenvalue weighted by molar-refractivity contribution is 5.92. The number of ether oxygens (including phenoxy) is 1. The van der Waals surface area contributed by atoms with Crippen molar-refractivity contribution >= 4 is 22.6 Å². The summed E-state index contributed by atoms with van der Waals surface area (Å²) < 4.78 is 6.94. The molecular weight excluding hydrogens is 232 g/mol. The first-order chi connectivity index (χ1) is 8.69. The van der Waals surface area contributed by atoms with Gasteiger partial charge in [-0.1, -0.05) is 0 Å². The maximum absolute atomic E-state index is 11.1. The van der Waals surface area contributed by atoms with Gasteiger partial charge in [0.05, 0.1) is 24.3 Å². The molecule has 0 aliphatic rings. The van der Waals surface area contributed by atoms with E-state index >= 15 is 0 Å². The van der Waals surface area contributed by atoms with Crippen molar-refractivity contribution in [2.45, 2.75) is 0 Å². The van der Waals surface area contributed by atoms with Crippen LogP contribution >= 0.6 is 0 Å². The number of nitrogens with two attached hydrogens (primary N) is 1. The Bertz CT molecular complexity index is 763. The molecule has 1 aromatic carbocycles. The Morgan fingerprint density at radius 3 is 3.00 bits per heavy atom. The van der Waals surface area contributed by atoms with Gasteiger partial charge < -0.3 is 10.5 Å². The van der Waals surface area contributed by atoms with Gasteiger partial charge in [0.1, 0.15) is 11.4 Å². The topological polar surface area (TPSA) is 82.5 Å². The van der Waals surface area contributed by atoms with Crippen molar-refractivity contribution in [2.75, 3.05) is 7.11 Å². The van der Waals surface area contributed by atoms with Crippen LogP contribution in [0.4, 0.5) is 0 Å². The van der Waals surface area contributed by atoms with Crippen molar-refractivity contribution < 1.29 is 9.53 Å². The molecule has 3 aromatic rings. The second-order valence-corrected chi connectivity index (χ2v) is 3.83. The number of nitrogens with zero attached hydrogens (tertiary/aromatic N) is 3. The molecule has 0 aliphatic carbocycles. The molecule has 1 amide bonds. The highest BCUT2D eigenvalue weighted by Gasteiger charge is 2.09. The van der Waals surface area contributed by atoms with Gasteiger partial charge in [-0.3, -0.25) is 14.2 Å². The molecule has 0 radical (unpaired) electrons. The normalized spacial score (nSPS) is 10.9. The number of fused-ring (bicyclic) bond motifs is 3. The predicted molar refractivity (Wildman–Crippen MR) is 65.6 cm³/mol. The van der Waals surface area contributed by atoms with E-state index in [0.717, 1.165) is 11.0 Å². The minimum atomic E-state index is -0.560. The molecule has 0 unspecified atom stereocenters. The molecule has 0 spiro atoms. The van der Waals surface area contributed by atoms with Crippen molar-refractivity contribution in [2.24, 2.45) is 5.73 Å². The smallest absolute Gasteiger partial charge is 0.268 e. The van der Waals surface area contributed by atoms with Crippen LogP contribution in [0.5, 0.6) is 5.75 Å². The molecule has 0 saturated heterocycles. The van der Waals surface area contributed by atoms with E-state index in [4.69, 9.17) is 10.5 Å². The number of methoxy groups -OCH3 is 1. The van der Waals surface area contributed by atoms with E-state index in [0.29, 0.717) is 11.4 Å². The third-order valence-corrected chi connectivity index (χ3v) is 2.75. The summed E-state index contributed by atoms with van der Waals surface area (Å²) in [6, 6.07) is 5.51. The van der Waals surface area contributed by atoms with Gasteiger partial charge in [0, 0.05) is 12.3 Å². The van der Waals surface area contributed by atoms with Gasteiger partial charge in [0.25, 0.3) is 5.91 Å². The highest BCUT2D eigenvalue weighted by Crippen LogP contribution is 2.20. The summed E-state index contributed by atoms with van der Waals surface area (Å²) in [5, 5.41) is 0. The molecule has 2 heterocycles. The maximum Gasteiger partial charge on any atom is 0.268 e. The number of benzene rings is 1. The molecule has 90 valence electrons. The number of amides is 1. The Kier molecular flexibility index (Phi) is 2.16. The van der Waals surface area contributed by atoms with Crippen molar-refractivity contribution in [3.05, 3.63) is 36.3 Å². The van der Waals surface area contributed by atoms with Crippen LogP contribution in [0.1, 0.15) is 10.5 Å². The van der Waals surface area contributed by atoms with E-state index in [9.17, 15) is 4.79 Å². The van der Waals surface area contributed by atoms with Gasteiger partial charge in [-0.2, -0.15) is 0 Å². The summed E-state index contributed by atoms with van der Waals surface area (Å²) in [5.41, 5.74) is 7.61. The van der Waals surface area contributed by atoms with Gasteiger partial charge in [0.2, 0.25) is 0 Å². The fourth-order valence-corrected chi connectivity index (χ4v) is 1.86. The van der Waals surface area contributed by atoms with E-state index in [1.165, 1.54) is 0 Å². The number of rotatable bonds is 2. The molecule has 3 rings (SSSR count). The van der Waals surface area contributed by atoms with Crippen LogP contribution in [0.3, 0.4) is 0 Å². The van der Waals surface area contributed by atoms with Crippen molar-refractivity contribution in [3.63, 3.8) is 0 Å². The Labute approximate surface area is 102 Å². The van der Waals surface area contributed by atoms with Crippen molar-refractivity contribution in [1.82, 2.24) is 14.4 Å². The number of aromatic nitrogens is 3. The maximum atomic E-state index is 11.1. The fourth-order valence-electron chi connectivity index (χ4n) is 1.86. The Morgan fingerprint density at radius 2 is 2.28 bits per heavy atom. The Hall–Kier alpha value is -2.63. The molecule has 0 saturated carbocycles. The van der Waals surface area contributed by atoms with E-state index in [2.05, 4.69) is 9.97 Å². The number of carbonyl (C=O) groups is 1. The second-order valence-electron chi connectivity index (χ2n) is 3.83. The summed E-state index contributed by atoms with van der Waals surface area (Å²) in [6.07, 6.45) is 3.20. The van der Waals surface area contributed by atoms with E-state index in [-0.39, 0.29) is 5.69 Å². The molecule has 0 aliphatic heterocycles. The third-order valence-electron chi connectivity index (χ3n) is 2.75. The lowest BCUT2D eigenvalue weighted by Gasteiger charge is -2.03. The van der Waals surface area contributed by atoms with Crippen LogP contribution in [0.2, 0.25) is 0 Å². The lowest BCUT2D eigenvalue weighted by molar-refractivity contribution is 0.0996. The number of imidazole rings is 1. The van der Waals surface area contributed by atoms with Crippen LogP contribution in [-0.4, -0.2) is 27.4 Å². The third kappa shape index (κ3) is 1.46. The first-order valence-electron chi connectivity index (χ1n) is 5.30. The molecule has 2 aromatic heterocycles. The molecular formula is C12H10N4O2. The average molecular weight is 242 g/mol. The number of hydrogen-bond donors (Lipinski definition) is 1. The summed E-state index contributed by atoms with van der Waals surface area (Å²) >= 11 is 0. The first kappa shape index (κ1) is 10.5. The molecule has 0 atom stereocenters. The molecule has 2 N–H and O–H groups in total. The van der Waals surface area contributed by atoms with Crippen LogP contribution in [0.15, 0.2) is 30.6 Å².